The van der Waals surface area contributed by atoms with Crippen molar-refractivity contribution in [2.75, 3.05) is 7.05 Å². The Hall–Kier alpha value is -0.610. The molecule has 0 aromatic carbocycles. The highest BCUT2D eigenvalue weighted by molar-refractivity contribution is 5.68. The molecule has 88 valence electrons. The standard InChI is InChI=1S/C11H21NO3/c1-3-9-4-6-11(7-5-9,15-12-2)8-10(13)14/h9,12H,3-8H2,1-2H3,(H,13,14). The fourth-order valence-corrected chi connectivity index (χ4v) is 2.42. The van der Waals surface area contributed by atoms with Gasteiger partial charge in [0.2, 0.25) is 0 Å². The summed E-state index contributed by atoms with van der Waals surface area (Å²) in [6.45, 7) is 2.19. The summed E-state index contributed by atoms with van der Waals surface area (Å²) in [7, 11) is 1.69. The van der Waals surface area contributed by atoms with E-state index in [0.29, 0.717) is 0 Å². The molecule has 0 radical (unpaired) electrons. The first-order valence-corrected chi connectivity index (χ1v) is 5.68. The molecule has 1 aliphatic carbocycles. The molecular weight excluding hydrogens is 194 g/mol. The average Bonchev–Trinajstić information content (AvgIpc) is 2.18. The molecule has 0 unspecified atom stereocenters. The summed E-state index contributed by atoms with van der Waals surface area (Å²) in [5, 5.41) is 8.87. The number of carbonyl (C=O) groups is 1. The van der Waals surface area contributed by atoms with Gasteiger partial charge >= 0.3 is 5.97 Å². The van der Waals surface area contributed by atoms with E-state index < -0.39 is 11.6 Å². The Labute approximate surface area is 91.0 Å². The number of aliphatic carboxylic acids is 1. The maximum absolute atomic E-state index is 10.8. The van der Waals surface area contributed by atoms with Gasteiger partial charge in [0.25, 0.3) is 0 Å². The van der Waals surface area contributed by atoms with E-state index in [1.807, 2.05) is 0 Å². The second-order valence-corrected chi connectivity index (χ2v) is 4.41. The number of hydrogen-bond donors (Lipinski definition) is 2. The van der Waals surface area contributed by atoms with Gasteiger partial charge in [0.05, 0.1) is 6.42 Å². The fraction of sp³-hybridized carbons (Fsp3) is 0.909. The molecule has 0 spiro atoms. The van der Waals surface area contributed by atoms with Gasteiger partial charge < -0.3 is 5.11 Å². The minimum atomic E-state index is -0.778. The first-order chi connectivity index (χ1) is 7.12. The molecule has 0 aliphatic heterocycles. The van der Waals surface area contributed by atoms with E-state index in [-0.39, 0.29) is 6.42 Å². The van der Waals surface area contributed by atoms with Crippen LogP contribution in [0.2, 0.25) is 0 Å². The Morgan fingerprint density at radius 1 is 1.53 bits per heavy atom. The number of nitrogens with one attached hydrogen (secondary N) is 1. The number of carboxylic acids is 1. The van der Waals surface area contributed by atoms with Gasteiger partial charge in [-0.25, -0.2) is 5.48 Å². The molecule has 1 fully saturated rings. The summed E-state index contributed by atoms with van der Waals surface area (Å²) in [4.78, 5) is 16.2. The van der Waals surface area contributed by atoms with E-state index in [2.05, 4.69) is 12.4 Å². The zero-order valence-electron chi connectivity index (χ0n) is 9.58. The fourth-order valence-electron chi connectivity index (χ4n) is 2.42. The molecule has 2 N–H and O–H groups in total. The molecule has 0 amide bonds. The Bertz CT molecular complexity index is 210. The quantitative estimate of drug-likeness (QED) is 0.688. The van der Waals surface area contributed by atoms with Gasteiger partial charge in [0.15, 0.2) is 0 Å². The Morgan fingerprint density at radius 2 is 2.13 bits per heavy atom. The van der Waals surface area contributed by atoms with Gasteiger partial charge in [0.1, 0.15) is 5.60 Å². The van der Waals surface area contributed by atoms with Crippen LogP contribution in [0.15, 0.2) is 0 Å². The molecule has 1 aliphatic rings. The van der Waals surface area contributed by atoms with Gasteiger partial charge in [-0.05, 0) is 31.6 Å². The predicted octanol–water partition coefficient (Wildman–Crippen LogP) is 1.95. The SMILES string of the molecule is CCC1CCC(CC(=O)O)(ONC)CC1. The molecule has 15 heavy (non-hydrogen) atoms. The summed E-state index contributed by atoms with van der Waals surface area (Å²) in [6, 6.07) is 0. The molecule has 0 saturated heterocycles. The highest BCUT2D eigenvalue weighted by Crippen LogP contribution is 2.37. The molecule has 1 rings (SSSR count). The average molecular weight is 215 g/mol. The van der Waals surface area contributed by atoms with Crippen LogP contribution in [-0.4, -0.2) is 23.7 Å². The van der Waals surface area contributed by atoms with Gasteiger partial charge in [-0.15, -0.1) is 0 Å². The van der Waals surface area contributed by atoms with Crippen LogP contribution in [0.5, 0.6) is 0 Å². The molecule has 4 heteroatoms. The number of carboxylic acid groups (broad SMARTS) is 1. The lowest BCUT2D eigenvalue weighted by atomic mass is 9.76. The van der Waals surface area contributed by atoms with Crippen LogP contribution in [0.3, 0.4) is 0 Å². The predicted molar refractivity (Wildman–Crippen MR) is 57.4 cm³/mol. The normalized spacial score (nSPS) is 31.5. The lowest BCUT2D eigenvalue weighted by molar-refractivity contribution is -0.159. The first-order valence-electron chi connectivity index (χ1n) is 5.68. The highest BCUT2D eigenvalue weighted by atomic mass is 16.7. The third kappa shape index (κ3) is 3.47. The lowest BCUT2D eigenvalue weighted by Gasteiger charge is -2.38. The topological polar surface area (TPSA) is 58.6 Å². The monoisotopic (exact) mass is 215 g/mol. The summed E-state index contributed by atoms with van der Waals surface area (Å²) in [6.07, 6.45) is 5.13. The van der Waals surface area contributed by atoms with Crippen LogP contribution < -0.4 is 5.48 Å². The maximum atomic E-state index is 10.8. The maximum Gasteiger partial charge on any atom is 0.306 e. The second kappa shape index (κ2) is 5.47. The van der Waals surface area contributed by atoms with E-state index >= 15 is 0 Å². The van der Waals surface area contributed by atoms with E-state index in [1.165, 1.54) is 6.42 Å². The Kier molecular flexibility index (Phi) is 4.54. The molecule has 0 aromatic rings. The number of hydroxylamine groups is 1. The van der Waals surface area contributed by atoms with Crippen molar-refractivity contribution < 1.29 is 14.7 Å². The summed E-state index contributed by atoms with van der Waals surface area (Å²) in [5.74, 6) is -0.0347. The molecule has 0 bridgehead atoms. The summed E-state index contributed by atoms with van der Waals surface area (Å²) >= 11 is 0. The molecule has 0 atom stereocenters. The number of rotatable bonds is 5. The van der Waals surface area contributed by atoms with Crippen molar-refractivity contribution in [2.24, 2.45) is 5.92 Å². The van der Waals surface area contributed by atoms with Gasteiger partial charge in [-0.1, -0.05) is 13.3 Å². The first kappa shape index (κ1) is 12.5. The van der Waals surface area contributed by atoms with Crippen molar-refractivity contribution >= 4 is 5.97 Å². The summed E-state index contributed by atoms with van der Waals surface area (Å²) < 4.78 is 0. The van der Waals surface area contributed by atoms with Gasteiger partial charge in [-0.2, -0.15) is 0 Å². The Balaban J connectivity index is 2.55. The van der Waals surface area contributed by atoms with Gasteiger partial charge in [0, 0.05) is 7.05 Å². The minimum Gasteiger partial charge on any atom is -0.481 e. The van der Waals surface area contributed by atoms with E-state index in [0.717, 1.165) is 31.6 Å². The number of hydrogen-bond acceptors (Lipinski definition) is 3. The van der Waals surface area contributed by atoms with Crippen molar-refractivity contribution in [3.05, 3.63) is 0 Å². The zero-order valence-corrected chi connectivity index (χ0v) is 9.58. The van der Waals surface area contributed by atoms with Crippen LogP contribution in [0, 0.1) is 5.92 Å². The van der Waals surface area contributed by atoms with E-state index in [1.54, 1.807) is 7.05 Å². The second-order valence-electron chi connectivity index (χ2n) is 4.41. The van der Waals surface area contributed by atoms with Crippen molar-refractivity contribution in [3.63, 3.8) is 0 Å². The smallest absolute Gasteiger partial charge is 0.306 e. The van der Waals surface area contributed by atoms with Crippen LogP contribution >= 0.6 is 0 Å². The van der Waals surface area contributed by atoms with Crippen LogP contribution in [0.25, 0.3) is 0 Å². The third-order valence-corrected chi connectivity index (χ3v) is 3.39. The third-order valence-electron chi connectivity index (χ3n) is 3.39. The van der Waals surface area contributed by atoms with Crippen LogP contribution in [-0.2, 0) is 9.63 Å². The van der Waals surface area contributed by atoms with Crippen molar-refractivity contribution in [2.45, 2.75) is 51.0 Å². The molecular formula is C11H21NO3. The molecule has 4 nitrogen and oxygen atoms in total. The van der Waals surface area contributed by atoms with Crippen molar-refractivity contribution in [1.82, 2.24) is 5.48 Å². The summed E-state index contributed by atoms with van der Waals surface area (Å²) in [5.41, 5.74) is 2.17. The van der Waals surface area contributed by atoms with Crippen LogP contribution in [0.1, 0.15) is 45.4 Å². The molecule has 0 aromatic heterocycles. The Morgan fingerprint density at radius 3 is 2.53 bits per heavy atom. The highest BCUT2D eigenvalue weighted by Gasteiger charge is 2.38. The van der Waals surface area contributed by atoms with Crippen LogP contribution in [0.4, 0.5) is 0 Å². The molecule has 0 heterocycles. The molecule has 1 saturated carbocycles. The lowest BCUT2D eigenvalue weighted by Crippen LogP contribution is -2.42. The zero-order chi connectivity index (χ0) is 11.3. The van der Waals surface area contributed by atoms with Crippen molar-refractivity contribution in [1.29, 1.82) is 0 Å². The van der Waals surface area contributed by atoms with E-state index in [9.17, 15) is 4.79 Å². The van der Waals surface area contributed by atoms with Gasteiger partial charge in [-0.3, -0.25) is 9.63 Å². The van der Waals surface area contributed by atoms with Crippen molar-refractivity contribution in [3.8, 4) is 0 Å². The minimum absolute atomic E-state index is 0.101. The largest absolute Gasteiger partial charge is 0.481 e. The van der Waals surface area contributed by atoms with E-state index in [4.69, 9.17) is 9.94 Å².